The van der Waals surface area contributed by atoms with E-state index in [0.717, 1.165) is 75.9 Å². The number of amides is 1. The molecule has 1 unspecified atom stereocenters. The minimum absolute atomic E-state index is 0.199. The fraction of sp³-hybridized carbons (Fsp3) is 0.684. The highest BCUT2D eigenvalue weighted by atomic mass is 16.5. The lowest BCUT2D eigenvalue weighted by Crippen LogP contribution is -2.23. The van der Waals surface area contributed by atoms with E-state index in [1.54, 1.807) is 0 Å². The first kappa shape index (κ1) is 17.8. The third kappa shape index (κ3) is 3.56. The maximum atomic E-state index is 11.9. The molecule has 0 bridgehead atoms. The first-order valence-electron chi connectivity index (χ1n) is 10.2. The van der Waals surface area contributed by atoms with Crippen molar-refractivity contribution >= 4 is 11.6 Å². The van der Waals surface area contributed by atoms with Crippen molar-refractivity contribution in [1.82, 2.24) is 24.8 Å². The zero-order valence-electron chi connectivity index (χ0n) is 16.0. The highest BCUT2D eigenvalue weighted by Gasteiger charge is 2.29. The number of likely N-dealkylation sites (tertiary alicyclic amines) is 1. The summed E-state index contributed by atoms with van der Waals surface area (Å²) in [5.41, 5.74) is 0.917. The summed E-state index contributed by atoms with van der Waals surface area (Å²) in [6.45, 7) is 4.91. The second-order valence-corrected chi connectivity index (χ2v) is 7.94. The largest absolute Gasteiger partial charge is 0.381 e. The summed E-state index contributed by atoms with van der Waals surface area (Å²) >= 11 is 0. The van der Waals surface area contributed by atoms with Gasteiger partial charge in [-0.3, -0.25) is 14.4 Å². The maximum absolute atomic E-state index is 11.9. The van der Waals surface area contributed by atoms with Gasteiger partial charge in [-0.2, -0.15) is 10.1 Å². The van der Waals surface area contributed by atoms with Crippen molar-refractivity contribution in [2.75, 3.05) is 37.7 Å². The van der Waals surface area contributed by atoms with Crippen molar-refractivity contribution in [2.45, 2.75) is 50.6 Å². The van der Waals surface area contributed by atoms with Crippen LogP contribution in [-0.4, -0.2) is 63.6 Å². The van der Waals surface area contributed by atoms with Crippen molar-refractivity contribution in [3.8, 4) is 0 Å². The summed E-state index contributed by atoms with van der Waals surface area (Å²) in [5, 5.41) is 8.70. The molecule has 9 nitrogen and oxygen atoms in total. The van der Waals surface area contributed by atoms with Crippen molar-refractivity contribution in [2.24, 2.45) is 0 Å². The van der Waals surface area contributed by atoms with Crippen LogP contribution < -0.4 is 4.90 Å². The molecule has 0 aliphatic carbocycles. The van der Waals surface area contributed by atoms with E-state index in [2.05, 4.69) is 20.1 Å². The molecule has 0 radical (unpaired) electrons. The van der Waals surface area contributed by atoms with Crippen LogP contribution in [0.5, 0.6) is 0 Å². The smallest absolute Gasteiger partial charge is 0.229 e. The Morgan fingerprint density at radius 3 is 2.89 bits per heavy atom. The molecule has 0 spiro atoms. The van der Waals surface area contributed by atoms with Gasteiger partial charge in [0.25, 0.3) is 0 Å². The van der Waals surface area contributed by atoms with Gasteiger partial charge in [-0.25, -0.2) is 0 Å². The predicted molar refractivity (Wildman–Crippen MR) is 99.8 cm³/mol. The molecule has 2 aromatic rings. The van der Waals surface area contributed by atoms with Crippen LogP contribution in [0, 0.1) is 0 Å². The van der Waals surface area contributed by atoms with Crippen LogP contribution in [0.15, 0.2) is 16.9 Å². The quantitative estimate of drug-likeness (QED) is 0.773. The van der Waals surface area contributed by atoms with Crippen LogP contribution in [0.25, 0.3) is 0 Å². The van der Waals surface area contributed by atoms with Crippen LogP contribution >= 0.6 is 0 Å². The van der Waals surface area contributed by atoms with Gasteiger partial charge in [0.2, 0.25) is 11.8 Å². The van der Waals surface area contributed by atoms with Crippen molar-refractivity contribution in [3.63, 3.8) is 0 Å². The van der Waals surface area contributed by atoms with Gasteiger partial charge in [-0.05, 0) is 25.7 Å². The zero-order valence-corrected chi connectivity index (χ0v) is 16.0. The van der Waals surface area contributed by atoms with Crippen LogP contribution in [0.2, 0.25) is 0 Å². The second-order valence-electron chi connectivity index (χ2n) is 7.94. The van der Waals surface area contributed by atoms with Crippen LogP contribution in [0.3, 0.4) is 0 Å². The topological polar surface area (TPSA) is 89.5 Å². The molecule has 0 aromatic carbocycles. The van der Waals surface area contributed by atoms with E-state index in [0.29, 0.717) is 24.9 Å². The lowest BCUT2D eigenvalue weighted by Gasteiger charge is -2.18. The molecule has 150 valence electrons. The fourth-order valence-corrected chi connectivity index (χ4v) is 4.40. The number of nitrogens with zero attached hydrogens (tertiary/aromatic N) is 6. The van der Waals surface area contributed by atoms with Gasteiger partial charge in [0.05, 0.1) is 24.5 Å². The molecule has 5 heterocycles. The van der Waals surface area contributed by atoms with E-state index in [4.69, 9.17) is 9.26 Å². The van der Waals surface area contributed by atoms with E-state index >= 15 is 0 Å². The zero-order chi connectivity index (χ0) is 18.9. The number of rotatable bonds is 5. The van der Waals surface area contributed by atoms with Gasteiger partial charge >= 0.3 is 0 Å². The minimum atomic E-state index is 0.199. The number of aromatic nitrogens is 4. The molecule has 3 fully saturated rings. The Bertz CT molecular complexity index is 827. The van der Waals surface area contributed by atoms with Gasteiger partial charge in [-0.1, -0.05) is 5.16 Å². The van der Waals surface area contributed by atoms with Crippen molar-refractivity contribution < 1.29 is 14.1 Å². The average molecular weight is 386 g/mol. The molecule has 1 amide bonds. The maximum Gasteiger partial charge on any atom is 0.229 e. The Morgan fingerprint density at radius 2 is 2.07 bits per heavy atom. The van der Waals surface area contributed by atoms with E-state index in [-0.39, 0.29) is 5.91 Å². The molecule has 0 saturated carbocycles. The molecule has 9 heteroatoms. The Hall–Kier alpha value is -2.26. The molecule has 3 saturated heterocycles. The lowest BCUT2D eigenvalue weighted by molar-refractivity contribution is -0.117. The van der Waals surface area contributed by atoms with Crippen LogP contribution in [0.4, 0.5) is 5.69 Å². The summed E-state index contributed by atoms with van der Waals surface area (Å²) in [6, 6.07) is 0.313. The molecule has 3 aliphatic heterocycles. The van der Waals surface area contributed by atoms with Crippen molar-refractivity contribution in [3.05, 3.63) is 24.1 Å². The molecule has 2 aromatic heterocycles. The fourth-order valence-electron chi connectivity index (χ4n) is 4.40. The SMILES string of the molecule is O=C1CCCN1c1cnn(C2CCN(Cc3noc(C4CCOCC4)n3)C2)c1. The second kappa shape index (κ2) is 7.63. The van der Waals surface area contributed by atoms with Gasteiger partial charge in [-0.15, -0.1) is 0 Å². The third-order valence-electron chi connectivity index (χ3n) is 6.01. The number of ether oxygens (including phenoxy) is 1. The monoisotopic (exact) mass is 386 g/mol. The number of carbonyl (C=O) groups excluding carboxylic acids is 1. The first-order valence-corrected chi connectivity index (χ1v) is 10.2. The first-order chi connectivity index (χ1) is 13.8. The Kier molecular flexibility index (Phi) is 4.86. The Labute approximate surface area is 163 Å². The Morgan fingerprint density at radius 1 is 1.18 bits per heavy atom. The summed E-state index contributed by atoms with van der Waals surface area (Å²) in [7, 11) is 0. The van der Waals surface area contributed by atoms with Crippen LogP contribution in [0.1, 0.15) is 55.8 Å². The van der Waals surface area contributed by atoms with Gasteiger partial charge in [0, 0.05) is 51.4 Å². The van der Waals surface area contributed by atoms with Crippen LogP contribution in [-0.2, 0) is 16.1 Å². The lowest BCUT2D eigenvalue weighted by atomic mass is 10.0. The number of carbonyl (C=O) groups is 1. The van der Waals surface area contributed by atoms with E-state index in [9.17, 15) is 4.79 Å². The molecule has 1 atom stereocenters. The van der Waals surface area contributed by atoms with Gasteiger partial charge in [0.15, 0.2) is 5.82 Å². The highest BCUT2D eigenvalue weighted by molar-refractivity contribution is 5.95. The van der Waals surface area contributed by atoms with E-state index in [1.165, 1.54) is 0 Å². The normalized spacial score (nSPS) is 24.5. The number of anilines is 1. The third-order valence-corrected chi connectivity index (χ3v) is 6.01. The molecular formula is C19H26N6O3. The molecule has 3 aliphatic rings. The molecular weight excluding hydrogens is 360 g/mol. The summed E-state index contributed by atoms with van der Waals surface area (Å²) in [6.07, 6.45) is 8.33. The Balaban J connectivity index is 1.18. The minimum Gasteiger partial charge on any atom is -0.381 e. The van der Waals surface area contributed by atoms with Gasteiger partial charge < -0.3 is 14.2 Å². The van der Waals surface area contributed by atoms with E-state index < -0.39 is 0 Å². The molecule has 28 heavy (non-hydrogen) atoms. The van der Waals surface area contributed by atoms with E-state index in [1.807, 2.05) is 22.0 Å². The highest BCUT2D eigenvalue weighted by Crippen LogP contribution is 2.28. The standard InChI is InChI=1S/C19H26N6O3/c26-18-2-1-6-24(18)16-10-20-25(12-16)15-3-7-23(11-15)13-17-21-19(28-22-17)14-4-8-27-9-5-14/h10,12,14-15H,1-9,11,13H2. The molecule has 0 N–H and O–H groups in total. The van der Waals surface area contributed by atoms with Gasteiger partial charge in [0.1, 0.15) is 0 Å². The summed E-state index contributed by atoms with van der Waals surface area (Å²) in [5.74, 6) is 2.04. The average Bonchev–Trinajstić information content (AvgIpc) is 3.50. The summed E-state index contributed by atoms with van der Waals surface area (Å²) < 4.78 is 12.9. The predicted octanol–water partition coefficient (Wildman–Crippen LogP) is 1.73. The summed E-state index contributed by atoms with van der Waals surface area (Å²) in [4.78, 5) is 20.7. The molecule has 5 rings (SSSR count). The number of hydrogen-bond acceptors (Lipinski definition) is 7. The number of hydrogen-bond donors (Lipinski definition) is 0. The van der Waals surface area contributed by atoms with Crippen molar-refractivity contribution in [1.29, 1.82) is 0 Å².